The zero-order valence-corrected chi connectivity index (χ0v) is 13.7. The van der Waals surface area contributed by atoms with E-state index in [2.05, 4.69) is 0 Å². The van der Waals surface area contributed by atoms with E-state index in [0.717, 1.165) is 0 Å². The van der Waals surface area contributed by atoms with Crippen molar-refractivity contribution in [3.8, 4) is 0 Å². The second-order valence-corrected chi connectivity index (χ2v) is 6.25. The van der Waals surface area contributed by atoms with E-state index < -0.39 is 35.0 Å². The first-order valence-electron chi connectivity index (χ1n) is 7.65. The van der Waals surface area contributed by atoms with E-state index in [9.17, 15) is 31.1 Å². The van der Waals surface area contributed by atoms with Gasteiger partial charge in [0.15, 0.2) is 0 Å². The van der Waals surface area contributed by atoms with Crippen molar-refractivity contribution in [3.63, 3.8) is 0 Å². The molecule has 0 N–H and O–H groups in total. The molecule has 0 bridgehead atoms. The molecule has 1 aromatic rings. The van der Waals surface area contributed by atoms with Crippen molar-refractivity contribution in [2.75, 3.05) is 27.2 Å². The topological polar surface area (TPSA) is 23.6 Å². The molecular weight excluding hydrogens is 350 g/mol. The average molecular weight is 368 g/mol. The van der Waals surface area contributed by atoms with Crippen LogP contribution in [0.4, 0.5) is 26.3 Å². The Kier molecular flexibility index (Phi) is 5.36. The first kappa shape index (κ1) is 19.6. The minimum absolute atomic E-state index is 0.0202. The number of amides is 1. The van der Waals surface area contributed by atoms with Crippen LogP contribution >= 0.6 is 0 Å². The Morgan fingerprint density at radius 2 is 1.44 bits per heavy atom. The molecule has 0 atom stereocenters. The highest BCUT2D eigenvalue weighted by Crippen LogP contribution is 2.36. The second-order valence-electron chi connectivity index (χ2n) is 6.25. The number of halogens is 6. The number of nitrogens with zero attached hydrogens (tertiary/aromatic N) is 2. The monoisotopic (exact) mass is 368 g/mol. The van der Waals surface area contributed by atoms with Crippen LogP contribution in [-0.4, -0.2) is 48.9 Å². The number of benzene rings is 1. The van der Waals surface area contributed by atoms with E-state index in [1.165, 1.54) is 11.9 Å². The lowest BCUT2D eigenvalue weighted by atomic mass is 10.0. The maximum Gasteiger partial charge on any atom is 0.416 e. The van der Waals surface area contributed by atoms with E-state index >= 15 is 0 Å². The molecule has 0 unspecified atom stereocenters. The summed E-state index contributed by atoms with van der Waals surface area (Å²) in [5, 5.41) is 0. The van der Waals surface area contributed by atoms with Gasteiger partial charge in [0.1, 0.15) is 0 Å². The second kappa shape index (κ2) is 6.86. The van der Waals surface area contributed by atoms with Crippen LogP contribution in [0.5, 0.6) is 0 Å². The molecule has 1 aliphatic rings. The number of carbonyl (C=O) groups is 1. The minimum Gasteiger partial charge on any atom is -0.339 e. The van der Waals surface area contributed by atoms with E-state index in [-0.39, 0.29) is 12.1 Å². The molecule has 0 saturated carbocycles. The largest absolute Gasteiger partial charge is 0.416 e. The summed E-state index contributed by atoms with van der Waals surface area (Å²) in [7, 11) is 3.31. The number of likely N-dealkylation sites (tertiary alicyclic amines) is 1. The highest BCUT2D eigenvalue weighted by molar-refractivity contribution is 5.94. The van der Waals surface area contributed by atoms with Crippen LogP contribution in [0.15, 0.2) is 18.2 Å². The van der Waals surface area contributed by atoms with Gasteiger partial charge in [-0.1, -0.05) is 0 Å². The van der Waals surface area contributed by atoms with Crippen molar-refractivity contribution in [3.05, 3.63) is 34.9 Å². The Bertz CT molecular complexity index is 600. The van der Waals surface area contributed by atoms with Gasteiger partial charge in [-0.2, -0.15) is 26.3 Å². The lowest BCUT2D eigenvalue weighted by molar-refractivity contribution is -0.143. The first-order valence-corrected chi connectivity index (χ1v) is 7.65. The average Bonchev–Trinajstić information content (AvgIpc) is 2.52. The zero-order valence-electron chi connectivity index (χ0n) is 13.7. The quantitative estimate of drug-likeness (QED) is 0.740. The van der Waals surface area contributed by atoms with Crippen molar-refractivity contribution >= 4 is 5.91 Å². The molecule has 0 radical (unpaired) electrons. The van der Waals surface area contributed by atoms with Crippen molar-refractivity contribution in [2.45, 2.75) is 31.2 Å². The normalized spacial score (nSPS) is 17.6. The summed E-state index contributed by atoms with van der Waals surface area (Å²) in [4.78, 5) is 15.7. The van der Waals surface area contributed by atoms with Gasteiger partial charge in [0, 0.05) is 18.7 Å². The molecule has 25 heavy (non-hydrogen) atoms. The fourth-order valence-corrected chi connectivity index (χ4v) is 2.83. The van der Waals surface area contributed by atoms with Gasteiger partial charge >= 0.3 is 12.4 Å². The Balaban J connectivity index is 2.35. The molecule has 0 aromatic heterocycles. The van der Waals surface area contributed by atoms with Crippen molar-refractivity contribution in [2.24, 2.45) is 0 Å². The van der Waals surface area contributed by atoms with Crippen LogP contribution in [0.2, 0.25) is 0 Å². The third-order valence-corrected chi connectivity index (χ3v) is 4.39. The van der Waals surface area contributed by atoms with E-state index in [4.69, 9.17) is 0 Å². The molecular formula is C16H18F6N2O. The van der Waals surface area contributed by atoms with Gasteiger partial charge in [-0.25, -0.2) is 0 Å². The Morgan fingerprint density at radius 1 is 1.00 bits per heavy atom. The van der Waals surface area contributed by atoms with Crippen molar-refractivity contribution in [1.82, 2.24) is 9.80 Å². The fourth-order valence-electron chi connectivity index (χ4n) is 2.83. The summed E-state index contributed by atoms with van der Waals surface area (Å²) in [6, 6.07) is 0.755. The Labute approximate surface area is 141 Å². The predicted octanol–water partition coefficient (Wildman–Crippen LogP) is 3.89. The Morgan fingerprint density at radius 3 is 1.84 bits per heavy atom. The van der Waals surface area contributed by atoms with Gasteiger partial charge in [0.05, 0.1) is 11.1 Å². The molecule has 1 aromatic carbocycles. The molecule has 1 fully saturated rings. The molecule has 140 valence electrons. The van der Waals surface area contributed by atoms with Crippen LogP contribution in [0, 0.1) is 0 Å². The molecule has 9 heteroatoms. The van der Waals surface area contributed by atoms with Crippen LogP contribution in [0.3, 0.4) is 0 Å². The zero-order chi connectivity index (χ0) is 19.0. The molecule has 3 nitrogen and oxygen atoms in total. The predicted molar refractivity (Wildman–Crippen MR) is 79.1 cm³/mol. The SMILES string of the molecule is CN1CCC(N(C)C(=O)c2cc(C(F)(F)F)cc(C(F)(F)F)c2)CC1. The molecule has 1 heterocycles. The van der Waals surface area contributed by atoms with Gasteiger partial charge in [0.2, 0.25) is 0 Å². The lowest BCUT2D eigenvalue weighted by Crippen LogP contribution is -2.44. The summed E-state index contributed by atoms with van der Waals surface area (Å²) in [6.45, 7) is 1.41. The first-order chi connectivity index (χ1) is 11.4. The third-order valence-electron chi connectivity index (χ3n) is 4.39. The number of hydrogen-bond acceptors (Lipinski definition) is 2. The maximum absolute atomic E-state index is 12.9. The molecule has 2 rings (SSSR count). The molecule has 0 spiro atoms. The summed E-state index contributed by atoms with van der Waals surface area (Å²) < 4.78 is 77.4. The highest BCUT2D eigenvalue weighted by atomic mass is 19.4. The standard InChI is InChI=1S/C16H18F6N2O/c1-23-5-3-13(4-6-23)24(2)14(25)10-7-11(15(17,18)19)9-12(8-10)16(20,21)22/h7-9,13H,3-6H2,1-2H3. The summed E-state index contributed by atoms with van der Waals surface area (Å²) in [5.74, 6) is -0.842. The number of carbonyl (C=O) groups excluding carboxylic acids is 1. The number of rotatable bonds is 2. The lowest BCUT2D eigenvalue weighted by Gasteiger charge is -2.35. The van der Waals surface area contributed by atoms with Crippen LogP contribution in [0.25, 0.3) is 0 Å². The fraction of sp³-hybridized carbons (Fsp3) is 0.562. The summed E-state index contributed by atoms with van der Waals surface area (Å²) >= 11 is 0. The third kappa shape index (κ3) is 4.65. The van der Waals surface area contributed by atoms with Crippen molar-refractivity contribution < 1.29 is 31.1 Å². The van der Waals surface area contributed by atoms with Crippen molar-refractivity contribution in [1.29, 1.82) is 0 Å². The van der Waals surface area contributed by atoms with E-state index in [1.54, 1.807) is 0 Å². The molecule has 0 aliphatic carbocycles. The number of hydrogen-bond donors (Lipinski definition) is 0. The van der Waals surface area contributed by atoms with Gasteiger partial charge in [0.25, 0.3) is 5.91 Å². The maximum atomic E-state index is 12.9. The Hall–Kier alpha value is -1.77. The highest BCUT2D eigenvalue weighted by Gasteiger charge is 2.38. The molecule has 1 aliphatic heterocycles. The van der Waals surface area contributed by atoms with E-state index in [1.807, 2.05) is 11.9 Å². The van der Waals surface area contributed by atoms with Crippen LogP contribution in [-0.2, 0) is 12.4 Å². The van der Waals surface area contributed by atoms with E-state index in [0.29, 0.717) is 38.1 Å². The van der Waals surface area contributed by atoms with Crippen LogP contribution < -0.4 is 0 Å². The number of piperidine rings is 1. The summed E-state index contributed by atoms with van der Waals surface area (Å²) in [6.07, 6.45) is -8.71. The number of alkyl halides is 6. The van der Waals surface area contributed by atoms with Gasteiger partial charge in [-0.3, -0.25) is 4.79 Å². The molecule has 1 saturated heterocycles. The van der Waals surface area contributed by atoms with Gasteiger partial charge < -0.3 is 9.80 Å². The molecule has 1 amide bonds. The van der Waals surface area contributed by atoms with Gasteiger partial charge in [-0.15, -0.1) is 0 Å². The van der Waals surface area contributed by atoms with Crippen LogP contribution in [0.1, 0.15) is 34.3 Å². The van der Waals surface area contributed by atoms with Gasteiger partial charge in [-0.05, 0) is 51.2 Å². The minimum atomic E-state index is -4.97. The smallest absolute Gasteiger partial charge is 0.339 e. The summed E-state index contributed by atoms with van der Waals surface area (Å²) in [5.41, 5.74) is -3.58.